The summed E-state index contributed by atoms with van der Waals surface area (Å²) < 4.78 is 28.2. The Morgan fingerprint density at radius 2 is 1.95 bits per heavy atom. The molecule has 0 fully saturated rings. The SMILES string of the molecule is Cc1cc(N)cc(-c2nc(C(C)S(C)(=O)=O)no2)c1C. The molecule has 2 aromatic rings. The molecule has 0 aliphatic rings. The Morgan fingerprint density at radius 1 is 1.30 bits per heavy atom. The number of anilines is 1. The number of nitrogen functional groups attached to an aromatic ring is 1. The molecule has 0 radical (unpaired) electrons. The van der Waals surface area contributed by atoms with Gasteiger partial charge < -0.3 is 10.3 Å². The van der Waals surface area contributed by atoms with Gasteiger partial charge in [-0.3, -0.25) is 0 Å². The normalized spacial score (nSPS) is 13.4. The van der Waals surface area contributed by atoms with E-state index in [0.29, 0.717) is 5.69 Å². The van der Waals surface area contributed by atoms with Crippen LogP contribution in [0.2, 0.25) is 0 Å². The van der Waals surface area contributed by atoms with Gasteiger partial charge in [0.15, 0.2) is 15.7 Å². The van der Waals surface area contributed by atoms with Crippen LogP contribution in [0.1, 0.15) is 29.1 Å². The zero-order valence-electron chi connectivity index (χ0n) is 11.8. The zero-order valence-corrected chi connectivity index (χ0v) is 12.7. The number of nitrogens with zero attached hydrogens (tertiary/aromatic N) is 2. The highest BCUT2D eigenvalue weighted by atomic mass is 32.2. The number of hydrogen-bond acceptors (Lipinski definition) is 6. The highest BCUT2D eigenvalue weighted by Crippen LogP contribution is 2.28. The van der Waals surface area contributed by atoms with Crippen molar-refractivity contribution in [1.29, 1.82) is 0 Å². The Morgan fingerprint density at radius 3 is 2.55 bits per heavy atom. The average molecular weight is 295 g/mol. The van der Waals surface area contributed by atoms with Crippen LogP contribution in [0.3, 0.4) is 0 Å². The summed E-state index contributed by atoms with van der Waals surface area (Å²) in [6.07, 6.45) is 1.14. The van der Waals surface area contributed by atoms with Gasteiger partial charge in [0, 0.05) is 17.5 Å². The van der Waals surface area contributed by atoms with Gasteiger partial charge in [-0.1, -0.05) is 5.16 Å². The number of sulfone groups is 1. The largest absolute Gasteiger partial charge is 0.399 e. The van der Waals surface area contributed by atoms with E-state index in [1.54, 1.807) is 6.07 Å². The molecule has 0 bridgehead atoms. The van der Waals surface area contributed by atoms with Crippen LogP contribution in [0.5, 0.6) is 0 Å². The van der Waals surface area contributed by atoms with E-state index >= 15 is 0 Å². The standard InChI is InChI=1S/C13H17N3O3S/c1-7-5-10(14)6-11(8(7)2)13-15-12(16-19-13)9(3)20(4,17)18/h5-6,9H,14H2,1-4H3. The van der Waals surface area contributed by atoms with Crippen molar-refractivity contribution in [2.45, 2.75) is 26.0 Å². The maximum absolute atomic E-state index is 11.5. The van der Waals surface area contributed by atoms with Crippen molar-refractivity contribution in [3.8, 4) is 11.5 Å². The lowest BCUT2D eigenvalue weighted by Gasteiger charge is -2.06. The molecule has 1 atom stereocenters. The highest BCUT2D eigenvalue weighted by Gasteiger charge is 2.24. The molecule has 0 saturated heterocycles. The van der Waals surface area contributed by atoms with Crippen LogP contribution in [-0.2, 0) is 9.84 Å². The fraction of sp³-hybridized carbons (Fsp3) is 0.385. The second-order valence-corrected chi connectivity index (χ2v) is 7.31. The van der Waals surface area contributed by atoms with Crippen molar-refractivity contribution in [1.82, 2.24) is 10.1 Å². The van der Waals surface area contributed by atoms with Crippen LogP contribution in [0.25, 0.3) is 11.5 Å². The molecular weight excluding hydrogens is 278 g/mol. The first-order chi connectivity index (χ1) is 9.20. The third kappa shape index (κ3) is 2.67. The fourth-order valence-corrected chi connectivity index (χ4v) is 2.29. The number of rotatable bonds is 3. The Hall–Kier alpha value is -1.89. The number of nitrogens with two attached hydrogens (primary N) is 1. The summed E-state index contributed by atoms with van der Waals surface area (Å²) in [6, 6.07) is 3.60. The molecule has 1 aromatic heterocycles. The van der Waals surface area contributed by atoms with Crippen LogP contribution in [0.15, 0.2) is 16.7 Å². The van der Waals surface area contributed by atoms with E-state index in [-0.39, 0.29) is 11.7 Å². The summed E-state index contributed by atoms with van der Waals surface area (Å²) in [5.74, 6) is 0.436. The van der Waals surface area contributed by atoms with Crippen LogP contribution in [0.4, 0.5) is 5.69 Å². The smallest absolute Gasteiger partial charge is 0.258 e. The molecule has 108 valence electrons. The maximum atomic E-state index is 11.5. The summed E-state index contributed by atoms with van der Waals surface area (Å²) in [5, 5.41) is 2.95. The molecule has 0 aliphatic heterocycles. The molecule has 1 heterocycles. The van der Waals surface area contributed by atoms with Gasteiger partial charge in [-0.05, 0) is 44.0 Å². The van der Waals surface area contributed by atoms with Crippen molar-refractivity contribution in [2.75, 3.05) is 12.0 Å². The van der Waals surface area contributed by atoms with Gasteiger partial charge >= 0.3 is 0 Å². The first-order valence-corrected chi connectivity index (χ1v) is 8.05. The number of hydrogen-bond donors (Lipinski definition) is 1. The first-order valence-electron chi connectivity index (χ1n) is 6.09. The van der Waals surface area contributed by atoms with Crippen molar-refractivity contribution in [3.05, 3.63) is 29.1 Å². The lowest BCUT2D eigenvalue weighted by molar-refractivity contribution is 0.421. The Labute approximate surface area is 117 Å². The summed E-state index contributed by atoms with van der Waals surface area (Å²) in [5.41, 5.74) is 9.12. The number of aromatic nitrogens is 2. The number of benzene rings is 1. The second kappa shape index (κ2) is 4.90. The minimum atomic E-state index is -3.26. The monoisotopic (exact) mass is 295 g/mol. The number of aryl methyl sites for hydroxylation is 1. The molecule has 2 N–H and O–H groups in total. The molecule has 0 spiro atoms. The van der Waals surface area contributed by atoms with Crippen LogP contribution in [-0.4, -0.2) is 24.8 Å². The Bertz CT molecular complexity index is 750. The van der Waals surface area contributed by atoms with Gasteiger partial charge in [0.05, 0.1) is 0 Å². The summed E-state index contributed by atoms with van der Waals surface area (Å²) in [7, 11) is -3.26. The van der Waals surface area contributed by atoms with Gasteiger partial charge in [0.1, 0.15) is 5.25 Å². The average Bonchev–Trinajstić information content (AvgIpc) is 2.80. The van der Waals surface area contributed by atoms with E-state index in [9.17, 15) is 8.42 Å². The lowest BCUT2D eigenvalue weighted by atomic mass is 10.0. The molecule has 0 aliphatic carbocycles. The van der Waals surface area contributed by atoms with Gasteiger partial charge in [-0.25, -0.2) is 8.42 Å². The maximum Gasteiger partial charge on any atom is 0.258 e. The minimum absolute atomic E-state index is 0.155. The van der Waals surface area contributed by atoms with Gasteiger partial charge in [0.2, 0.25) is 0 Å². The minimum Gasteiger partial charge on any atom is -0.399 e. The third-order valence-corrected chi connectivity index (χ3v) is 4.86. The van der Waals surface area contributed by atoms with E-state index in [0.717, 1.165) is 22.9 Å². The quantitative estimate of drug-likeness (QED) is 0.870. The molecular formula is C13H17N3O3S. The fourth-order valence-electron chi connectivity index (χ4n) is 1.81. The predicted molar refractivity (Wildman–Crippen MR) is 76.9 cm³/mol. The second-order valence-electron chi connectivity index (χ2n) is 4.94. The van der Waals surface area contributed by atoms with Crippen LogP contribution < -0.4 is 5.73 Å². The Kier molecular flexibility index (Phi) is 3.56. The summed E-state index contributed by atoms with van der Waals surface area (Å²) in [4.78, 5) is 4.18. The van der Waals surface area contributed by atoms with Crippen LogP contribution >= 0.6 is 0 Å². The molecule has 7 heteroatoms. The third-order valence-electron chi connectivity index (χ3n) is 3.37. The Balaban J connectivity index is 2.49. The van der Waals surface area contributed by atoms with Crippen LogP contribution in [0, 0.1) is 13.8 Å². The molecule has 1 aromatic carbocycles. The lowest BCUT2D eigenvalue weighted by Crippen LogP contribution is -2.09. The predicted octanol–water partition coefficient (Wildman–Crippen LogP) is 2.04. The summed E-state index contributed by atoms with van der Waals surface area (Å²) >= 11 is 0. The van der Waals surface area contributed by atoms with Crippen molar-refractivity contribution in [2.24, 2.45) is 0 Å². The summed E-state index contributed by atoms with van der Waals surface area (Å²) in [6.45, 7) is 5.39. The van der Waals surface area contributed by atoms with Crippen molar-refractivity contribution >= 4 is 15.5 Å². The molecule has 0 amide bonds. The van der Waals surface area contributed by atoms with Crippen molar-refractivity contribution in [3.63, 3.8) is 0 Å². The van der Waals surface area contributed by atoms with E-state index in [4.69, 9.17) is 10.3 Å². The van der Waals surface area contributed by atoms with Crippen molar-refractivity contribution < 1.29 is 12.9 Å². The molecule has 1 unspecified atom stereocenters. The zero-order chi connectivity index (χ0) is 15.1. The topological polar surface area (TPSA) is 99.1 Å². The molecule has 6 nitrogen and oxygen atoms in total. The van der Waals surface area contributed by atoms with E-state index in [1.165, 1.54) is 6.92 Å². The highest BCUT2D eigenvalue weighted by molar-refractivity contribution is 7.90. The van der Waals surface area contributed by atoms with Gasteiger partial charge in [0.25, 0.3) is 5.89 Å². The van der Waals surface area contributed by atoms with Gasteiger partial charge in [-0.2, -0.15) is 4.98 Å². The first kappa shape index (κ1) is 14.5. The molecule has 0 saturated carbocycles. The van der Waals surface area contributed by atoms with Gasteiger partial charge in [-0.15, -0.1) is 0 Å². The van der Waals surface area contributed by atoms with E-state index in [1.807, 2.05) is 19.9 Å². The van der Waals surface area contributed by atoms with E-state index in [2.05, 4.69) is 10.1 Å². The molecule has 20 heavy (non-hydrogen) atoms. The molecule has 2 rings (SSSR count). The van der Waals surface area contributed by atoms with E-state index < -0.39 is 15.1 Å².